The number of nitrogen functional groups attached to an aromatic ring is 1. The second-order valence-corrected chi connectivity index (χ2v) is 8.87. The Morgan fingerprint density at radius 1 is 1.23 bits per heavy atom. The summed E-state index contributed by atoms with van der Waals surface area (Å²) >= 11 is 0. The molecule has 3 heterocycles. The van der Waals surface area contributed by atoms with Crippen molar-refractivity contribution in [3.8, 4) is 11.3 Å². The Bertz CT molecular complexity index is 1370. The molecule has 0 aliphatic heterocycles. The molecule has 3 aromatic heterocycles. The third-order valence-corrected chi connectivity index (χ3v) is 6.35. The SMILES string of the molecule is Cc1ccccc1-c1cc2cc(NC(=O)[C@H]3C[C@@H]3c3cnn(CCOCCN)c3)ncc2c(N)n1. The van der Waals surface area contributed by atoms with Crippen LogP contribution in [-0.4, -0.2) is 45.4 Å². The average Bonchev–Trinajstić information content (AvgIpc) is 3.52. The van der Waals surface area contributed by atoms with Crippen LogP contribution in [-0.2, 0) is 16.1 Å². The lowest BCUT2D eigenvalue weighted by molar-refractivity contribution is -0.117. The van der Waals surface area contributed by atoms with Crippen molar-refractivity contribution >= 4 is 28.3 Å². The van der Waals surface area contributed by atoms with Crippen molar-refractivity contribution in [2.75, 3.05) is 30.8 Å². The highest BCUT2D eigenvalue weighted by atomic mass is 16.5. The lowest BCUT2D eigenvalue weighted by Crippen LogP contribution is -2.15. The van der Waals surface area contributed by atoms with Crippen molar-refractivity contribution < 1.29 is 9.53 Å². The van der Waals surface area contributed by atoms with E-state index in [0.29, 0.717) is 37.9 Å². The van der Waals surface area contributed by atoms with Gasteiger partial charge < -0.3 is 21.5 Å². The van der Waals surface area contributed by atoms with E-state index in [0.717, 1.165) is 39.6 Å². The summed E-state index contributed by atoms with van der Waals surface area (Å²) in [6.45, 7) is 4.31. The molecule has 1 aliphatic rings. The predicted molar refractivity (Wildman–Crippen MR) is 136 cm³/mol. The molecule has 2 atom stereocenters. The highest BCUT2D eigenvalue weighted by Crippen LogP contribution is 2.47. The summed E-state index contributed by atoms with van der Waals surface area (Å²) in [5, 5.41) is 8.99. The summed E-state index contributed by atoms with van der Waals surface area (Å²) < 4.78 is 7.25. The Morgan fingerprint density at radius 3 is 2.91 bits per heavy atom. The molecular weight excluding hydrogens is 442 g/mol. The molecular formula is C26H29N7O2. The fourth-order valence-corrected chi connectivity index (χ4v) is 4.35. The number of hydrogen-bond donors (Lipinski definition) is 3. The van der Waals surface area contributed by atoms with Crippen LogP contribution in [0.25, 0.3) is 22.0 Å². The number of fused-ring (bicyclic) bond motifs is 1. The van der Waals surface area contributed by atoms with E-state index in [9.17, 15) is 4.79 Å². The number of hydrogen-bond acceptors (Lipinski definition) is 7. The number of nitrogens with two attached hydrogens (primary N) is 2. The van der Waals surface area contributed by atoms with Gasteiger partial charge >= 0.3 is 0 Å². The third kappa shape index (κ3) is 5.01. The highest BCUT2D eigenvalue weighted by molar-refractivity contribution is 5.98. The number of nitrogens with one attached hydrogen (secondary N) is 1. The van der Waals surface area contributed by atoms with Crippen LogP contribution in [0, 0.1) is 12.8 Å². The van der Waals surface area contributed by atoms with Crippen molar-refractivity contribution in [1.82, 2.24) is 19.7 Å². The molecule has 0 bridgehead atoms. The first kappa shape index (κ1) is 22.9. The number of aryl methyl sites for hydroxylation is 1. The number of rotatable bonds is 9. The summed E-state index contributed by atoms with van der Waals surface area (Å²) in [7, 11) is 0. The van der Waals surface area contributed by atoms with Crippen LogP contribution < -0.4 is 16.8 Å². The molecule has 1 fully saturated rings. The topological polar surface area (TPSA) is 134 Å². The van der Waals surface area contributed by atoms with E-state index in [-0.39, 0.29) is 17.7 Å². The Kier molecular flexibility index (Phi) is 6.43. The lowest BCUT2D eigenvalue weighted by atomic mass is 10.0. The Labute approximate surface area is 203 Å². The van der Waals surface area contributed by atoms with E-state index in [1.807, 2.05) is 60.4 Å². The maximum Gasteiger partial charge on any atom is 0.229 e. The second-order valence-electron chi connectivity index (χ2n) is 8.87. The molecule has 5 N–H and O–H groups in total. The molecule has 0 spiro atoms. The molecule has 1 amide bonds. The van der Waals surface area contributed by atoms with Gasteiger partial charge in [-0.1, -0.05) is 24.3 Å². The third-order valence-electron chi connectivity index (χ3n) is 6.35. The van der Waals surface area contributed by atoms with E-state index in [1.54, 1.807) is 6.20 Å². The monoisotopic (exact) mass is 471 g/mol. The normalized spacial score (nSPS) is 17.0. The van der Waals surface area contributed by atoms with Gasteiger partial charge in [0.2, 0.25) is 5.91 Å². The van der Waals surface area contributed by atoms with Crippen LogP contribution in [0.4, 0.5) is 11.6 Å². The van der Waals surface area contributed by atoms with E-state index in [4.69, 9.17) is 16.2 Å². The van der Waals surface area contributed by atoms with Gasteiger partial charge in [0.15, 0.2) is 0 Å². The van der Waals surface area contributed by atoms with Gasteiger partial charge in [-0.2, -0.15) is 5.10 Å². The number of carbonyl (C=O) groups is 1. The molecule has 9 heteroatoms. The number of amides is 1. The Hall–Kier alpha value is -3.82. The van der Waals surface area contributed by atoms with Gasteiger partial charge in [0.25, 0.3) is 0 Å². The summed E-state index contributed by atoms with van der Waals surface area (Å²) in [5.74, 6) is 0.952. The zero-order chi connectivity index (χ0) is 24.4. The number of anilines is 2. The molecule has 1 saturated carbocycles. The standard InChI is InChI=1S/C26H29N7O2/c1-16-4-2-3-5-19(16)23-10-17-11-24(29-14-22(17)25(28)31-23)32-26(34)21-12-20(21)18-13-30-33(15-18)7-9-35-8-6-27/h2-5,10-11,13-15,20-21H,6-9,12,27H2,1H3,(H2,28,31)(H,29,32,34)/t20-,21+/m1/s1. The van der Waals surface area contributed by atoms with Crippen molar-refractivity contribution in [3.63, 3.8) is 0 Å². The lowest BCUT2D eigenvalue weighted by Gasteiger charge is -2.10. The minimum atomic E-state index is -0.0938. The Balaban J connectivity index is 1.26. The van der Waals surface area contributed by atoms with Crippen molar-refractivity contribution in [1.29, 1.82) is 0 Å². The van der Waals surface area contributed by atoms with Crippen LogP contribution in [0.5, 0.6) is 0 Å². The molecule has 4 aromatic rings. The maximum absolute atomic E-state index is 12.9. The molecule has 1 aliphatic carbocycles. The van der Waals surface area contributed by atoms with Gasteiger partial charge in [-0.3, -0.25) is 9.48 Å². The van der Waals surface area contributed by atoms with Gasteiger partial charge in [0.1, 0.15) is 11.6 Å². The van der Waals surface area contributed by atoms with Crippen molar-refractivity contribution in [2.24, 2.45) is 11.7 Å². The largest absolute Gasteiger partial charge is 0.383 e. The minimum Gasteiger partial charge on any atom is -0.383 e. The number of ether oxygens (including phenoxy) is 1. The van der Waals surface area contributed by atoms with Crippen LogP contribution >= 0.6 is 0 Å². The van der Waals surface area contributed by atoms with Gasteiger partial charge in [-0.05, 0) is 47.9 Å². The summed E-state index contributed by atoms with van der Waals surface area (Å²) in [6, 6.07) is 11.9. The number of carbonyl (C=O) groups excluding carboxylic acids is 1. The van der Waals surface area contributed by atoms with E-state index >= 15 is 0 Å². The molecule has 0 unspecified atom stereocenters. The summed E-state index contributed by atoms with van der Waals surface area (Å²) in [4.78, 5) is 21.9. The van der Waals surface area contributed by atoms with Crippen molar-refractivity contribution in [3.05, 3.63) is 66.1 Å². The molecule has 5 rings (SSSR count). The molecule has 0 saturated heterocycles. The quantitative estimate of drug-likeness (QED) is 0.319. The summed E-state index contributed by atoms with van der Waals surface area (Å²) in [5.41, 5.74) is 15.7. The predicted octanol–water partition coefficient (Wildman–Crippen LogP) is 3.10. The zero-order valence-electron chi connectivity index (χ0n) is 19.6. The molecule has 180 valence electrons. The van der Waals surface area contributed by atoms with E-state index in [2.05, 4.69) is 20.4 Å². The van der Waals surface area contributed by atoms with Crippen LogP contribution in [0.1, 0.15) is 23.5 Å². The van der Waals surface area contributed by atoms with Gasteiger partial charge in [0, 0.05) is 35.8 Å². The average molecular weight is 472 g/mol. The first-order valence-corrected chi connectivity index (χ1v) is 11.8. The highest BCUT2D eigenvalue weighted by Gasteiger charge is 2.44. The van der Waals surface area contributed by atoms with Crippen LogP contribution in [0.15, 0.2) is 55.0 Å². The zero-order valence-corrected chi connectivity index (χ0v) is 19.6. The molecule has 35 heavy (non-hydrogen) atoms. The number of aromatic nitrogens is 4. The van der Waals surface area contributed by atoms with Gasteiger partial charge in [0.05, 0.1) is 31.6 Å². The second kappa shape index (κ2) is 9.81. The van der Waals surface area contributed by atoms with E-state index < -0.39 is 0 Å². The smallest absolute Gasteiger partial charge is 0.229 e. The molecule has 9 nitrogen and oxygen atoms in total. The fourth-order valence-electron chi connectivity index (χ4n) is 4.35. The summed E-state index contributed by atoms with van der Waals surface area (Å²) in [6.07, 6.45) is 6.28. The molecule has 1 aromatic carbocycles. The number of benzene rings is 1. The number of nitrogens with zero attached hydrogens (tertiary/aromatic N) is 4. The first-order valence-electron chi connectivity index (χ1n) is 11.8. The Morgan fingerprint density at radius 2 is 2.09 bits per heavy atom. The maximum atomic E-state index is 12.9. The van der Waals surface area contributed by atoms with E-state index in [1.165, 1.54) is 0 Å². The first-order chi connectivity index (χ1) is 17.0. The van der Waals surface area contributed by atoms with Gasteiger partial charge in [-0.15, -0.1) is 0 Å². The minimum absolute atomic E-state index is 0.0398. The molecule has 0 radical (unpaired) electrons. The fraction of sp³-hybridized carbons (Fsp3) is 0.308. The van der Waals surface area contributed by atoms with Crippen molar-refractivity contribution in [2.45, 2.75) is 25.8 Å². The van der Waals surface area contributed by atoms with Gasteiger partial charge in [-0.25, -0.2) is 9.97 Å². The van der Waals surface area contributed by atoms with Crippen LogP contribution in [0.3, 0.4) is 0 Å². The number of pyridine rings is 2. The van der Waals surface area contributed by atoms with Crippen LogP contribution in [0.2, 0.25) is 0 Å².